The normalized spacial score (nSPS) is 26.9. The topological polar surface area (TPSA) is 71.1 Å². The van der Waals surface area contributed by atoms with Gasteiger partial charge in [-0.2, -0.15) is 0 Å². The SMILES string of the molecule is COC(=O)OC1CCC(C(C)(C)C2CCC(OC(=O)OC(C)(C)CCC(C)(C)C)CC2)CC1. The minimum atomic E-state index is -0.577. The van der Waals surface area contributed by atoms with Gasteiger partial charge in [0.2, 0.25) is 0 Å². The van der Waals surface area contributed by atoms with Gasteiger partial charge < -0.3 is 18.9 Å². The highest BCUT2D eigenvalue weighted by Gasteiger charge is 2.41. The molecule has 192 valence electrons. The van der Waals surface area contributed by atoms with E-state index in [4.69, 9.17) is 14.2 Å². The minimum Gasteiger partial charge on any atom is -0.438 e. The number of hydrogen-bond donors (Lipinski definition) is 0. The Morgan fingerprint density at radius 3 is 1.48 bits per heavy atom. The Morgan fingerprint density at radius 1 is 0.667 bits per heavy atom. The third-order valence-electron chi connectivity index (χ3n) is 7.98. The molecule has 0 aromatic heterocycles. The predicted octanol–water partition coefficient (Wildman–Crippen LogP) is 7.67. The van der Waals surface area contributed by atoms with Crippen LogP contribution in [-0.4, -0.2) is 37.2 Å². The van der Waals surface area contributed by atoms with Crippen LogP contribution in [-0.2, 0) is 18.9 Å². The van der Waals surface area contributed by atoms with E-state index in [1.807, 2.05) is 13.8 Å². The molecule has 0 aliphatic heterocycles. The third-order valence-corrected chi connectivity index (χ3v) is 7.98. The maximum Gasteiger partial charge on any atom is 0.509 e. The first-order valence-electron chi connectivity index (χ1n) is 12.9. The zero-order valence-electron chi connectivity index (χ0n) is 22.3. The van der Waals surface area contributed by atoms with Gasteiger partial charge in [-0.3, -0.25) is 0 Å². The van der Waals surface area contributed by atoms with E-state index in [9.17, 15) is 9.59 Å². The summed E-state index contributed by atoms with van der Waals surface area (Å²) in [6.07, 6.45) is 8.50. The summed E-state index contributed by atoms with van der Waals surface area (Å²) < 4.78 is 21.3. The van der Waals surface area contributed by atoms with Gasteiger partial charge >= 0.3 is 12.3 Å². The van der Waals surface area contributed by atoms with Gasteiger partial charge in [0, 0.05) is 0 Å². The van der Waals surface area contributed by atoms with Crippen molar-refractivity contribution in [2.75, 3.05) is 7.11 Å². The van der Waals surface area contributed by atoms with Gasteiger partial charge in [0.25, 0.3) is 0 Å². The quantitative estimate of drug-likeness (QED) is 0.357. The Morgan fingerprint density at radius 2 is 1.09 bits per heavy atom. The van der Waals surface area contributed by atoms with Crippen LogP contribution >= 0.6 is 0 Å². The molecule has 2 aliphatic rings. The highest BCUT2D eigenvalue weighted by atomic mass is 16.7. The first kappa shape index (κ1) is 27.8. The molecule has 0 saturated heterocycles. The summed E-state index contributed by atoms with van der Waals surface area (Å²) in [5.74, 6) is 1.23. The van der Waals surface area contributed by atoms with Gasteiger partial charge in [0.15, 0.2) is 0 Å². The van der Waals surface area contributed by atoms with Gasteiger partial charge in [-0.15, -0.1) is 0 Å². The molecule has 0 unspecified atom stereocenters. The van der Waals surface area contributed by atoms with Crippen LogP contribution in [0.2, 0.25) is 0 Å². The van der Waals surface area contributed by atoms with Gasteiger partial charge in [0.1, 0.15) is 17.8 Å². The van der Waals surface area contributed by atoms with Crippen molar-refractivity contribution in [1.82, 2.24) is 0 Å². The molecule has 0 aromatic rings. The van der Waals surface area contributed by atoms with E-state index >= 15 is 0 Å². The van der Waals surface area contributed by atoms with Crippen LogP contribution in [0.3, 0.4) is 0 Å². The van der Waals surface area contributed by atoms with Crippen molar-refractivity contribution < 1.29 is 28.5 Å². The van der Waals surface area contributed by atoms with Crippen LogP contribution in [0, 0.1) is 22.7 Å². The van der Waals surface area contributed by atoms with Crippen molar-refractivity contribution in [1.29, 1.82) is 0 Å². The first-order valence-corrected chi connectivity index (χ1v) is 12.9. The van der Waals surface area contributed by atoms with E-state index < -0.39 is 17.9 Å². The van der Waals surface area contributed by atoms with E-state index in [1.165, 1.54) is 7.11 Å². The molecule has 0 radical (unpaired) electrons. The minimum absolute atomic E-state index is 0.0210. The standard InChI is InChI=1S/C27H48O6/c1-25(2,3)17-18-26(4,5)33-24(29)32-22-15-11-20(12-16-22)27(6,7)19-9-13-21(14-10-19)31-23(28)30-8/h19-22H,9-18H2,1-8H3. The molecular weight excluding hydrogens is 420 g/mol. The molecule has 0 N–H and O–H groups in total. The Bertz CT molecular complexity index is 631. The van der Waals surface area contributed by atoms with Crippen LogP contribution in [0.4, 0.5) is 9.59 Å². The van der Waals surface area contributed by atoms with Gasteiger partial charge in [-0.25, -0.2) is 9.59 Å². The van der Waals surface area contributed by atoms with Crippen LogP contribution in [0.25, 0.3) is 0 Å². The Hall–Kier alpha value is -1.46. The average Bonchev–Trinajstić information content (AvgIpc) is 2.72. The molecule has 33 heavy (non-hydrogen) atoms. The summed E-state index contributed by atoms with van der Waals surface area (Å²) in [7, 11) is 1.35. The number of rotatable bonds is 7. The summed E-state index contributed by atoms with van der Waals surface area (Å²) in [5.41, 5.74) is -0.0834. The molecule has 2 saturated carbocycles. The van der Waals surface area contributed by atoms with E-state index in [1.54, 1.807) is 0 Å². The molecule has 6 heteroatoms. The molecular formula is C27H48O6. The van der Waals surface area contributed by atoms with Crippen molar-refractivity contribution in [3.63, 3.8) is 0 Å². The fourth-order valence-electron chi connectivity index (χ4n) is 5.48. The third kappa shape index (κ3) is 9.01. The number of carbonyl (C=O) groups excluding carboxylic acids is 2. The summed E-state index contributed by atoms with van der Waals surface area (Å²) in [5, 5.41) is 0. The zero-order valence-corrected chi connectivity index (χ0v) is 22.3. The number of methoxy groups -OCH3 is 1. The molecule has 0 bridgehead atoms. The van der Waals surface area contributed by atoms with Gasteiger partial charge in [-0.05, 0) is 101 Å². The lowest BCUT2D eigenvalue weighted by Gasteiger charge is -2.46. The summed E-state index contributed by atoms with van der Waals surface area (Å²) in [4.78, 5) is 23.8. The van der Waals surface area contributed by atoms with Crippen molar-refractivity contribution in [3.05, 3.63) is 0 Å². The van der Waals surface area contributed by atoms with Crippen LogP contribution in [0.15, 0.2) is 0 Å². The Kier molecular flexibility index (Phi) is 9.52. The van der Waals surface area contributed by atoms with Crippen LogP contribution in [0.5, 0.6) is 0 Å². The molecule has 0 heterocycles. The molecule has 0 aromatic carbocycles. The zero-order chi connectivity index (χ0) is 24.9. The summed E-state index contributed by atoms with van der Waals surface area (Å²) in [6, 6.07) is 0. The van der Waals surface area contributed by atoms with Crippen molar-refractivity contribution >= 4 is 12.3 Å². The molecule has 0 spiro atoms. The van der Waals surface area contributed by atoms with E-state index in [-0.39, 0.29) is 23.0 Å². The fraction of sp³-hybridized carbons (Fsp3) is 0.926. The molecule has 0 amide bonds. The second-order valence-electron chi connectivity index (χ2n) is 12.6. The molecule has 6 nitrogen and oxygen atoms in total. The predicted molar refractivity (Wildman–Crippen MR) is 129 cm³/mol. The van der Waals surface area contributed by atoms with Gasteiger partial charge in [0.05, 0.1) is 7.11 Å². The van der Waals surface area contributed by atoms with Crippen molar-refractivity contribution in [2.45, 2.75) is 130 Å². The van der Waals surface area contributed by atoms with E-state index in [0.717, 1.165) is 64.2 Å². The highest BCUT2D eigenvalue weighted by Crippen LogP contribution is 2.49. The van der Waals surface area contributed by atoms with Crippen molar-refractivity contribution in [2.24, 2.45) is 22.7 Å². The van der Waals surface area contributed by atoms with E-state index in [0.29, 0.717) is 11.8 Å². The largest absolute Gasteiger partial charge is 0.509 e. The second kappa shape index (κ2) is 11.3. The second-order valence-corrected chi connectivity index (χ2v) is 12.6. The lowest BCUT2D eigenvalue weighted by molar-refractivity contribution is -0.0574. The lowest BCUT2D eigenvalue weighted by Crippen LogP contribution is -2.40. The molecule has 2 rings (SSSR count). The number of ether oxygens (including phenoxy) is 4. The Balaban J connectivity index is 1.76. The van der Waals surface area contributed by atoms with Crippen molar-refractivity contribution in [3.8, 4) is 0 Å². The fourth-order valence-corrected chi connectivity index (χ4v) is 5.48. The van der Waals surface area contributed by atoms with Crippen LogP contribution < -0.4 is 0 Å². The maximum atomic E-state index is 12.4. The van der Waals surface area contributed by atoms with Gasteiger partial charge in [-0.1, -0.05) is 34.6 Å². The maximum absolute atomic E-state index is 12.4. The molecule has 0 atom stereocenters. The monoisotopic (exact) mass is 468 g/mol. The lowest BCUT2D eigenvalue weighted by atomic mass is 9.60. The smallest absolute Gasteiger partial charge is 0.438 e. The first-order chi connectivity index (χ1) is 15.2. The molecule has 2 aliphatic carbocycles. The summed E-state index contributed by atoms with van der Waals surface area (Å²) >= 11 is 0. The summed E-state index contributed by atoms with van der Waals surface area (Å²) in [6.45, 7) is 15.3. The highest BCUT2D eigenvalue weighted by molar-refractivity contribution is 5.60. The van der Waals surface area contributed by atoms with E-state index in [2.05, 4.69) is 39.4 Å². The molecule has 2 fully saturated rings. The number of hydrogen-bond acceptors (Lipinski definition) is 6. The number of carbonyl (C=O) groups is 2. The van der Waals surface area contributed by atoms with Crippen LogP contribution in [0.1, 0.15) is 113 Å². The Labute approximate surface area is 201 Å². The average molecular weight is 469 g/mol.